The van der Waals surface area contributed by atoms with Crippen molar-refractivity contribution in [3.63, 3.8) is 0 Å². The summed E-state index contributed by atoms with van der Waals surface area (Å²) in [6, 6.07) is 7.00. The summed E-state index contributed by atoms with van der Waals surface area (Å²) in [4.78, 5) is 13.2. The van der Waals surface area contributed by atoms with Gasteiger partial charge in [0.2, 0.25) is 0 Å². The van der Waals surface area contributed by atoms with Gasteiger partial charge in [-0.1, -0.05) is 35.9 Å². The molecule has 0 aliphatic carbocycles. The minimum atomic E-state index is -1.11. The Morgan fingerprint density at radius 3 is 2.59 bits per heavy atom. The number of likely N-dealkylation sites (tertiary alicyclic amines) is 1. The van der Waals surface area contributed by atoms with Crippen molar-refractivity contribution in [3.05, 3.63) is 41.0 Å². The summed E-state index contributed by atoms with van der Waals surface area (Å²) in [5, 5.41) is 11.0. The molecule has 3 heteroatoms. The third-order valence-electron chi connectivity index (χ3n) is 3.17. The lowest BCUT2D eigenvalue weighted by Gasteiger charge is -2.24. The molecule has 17 heavy (non-hydrogen) atoms. The summed E-state index contributed by atoms with van der Waals surface area (Å²) in [6.45, 7) is 2.08. The predicted octanol–water partition coefficient (Wildman–Crippen LogP) is 1.16. The van der Waals surface area contributed by atoms with Gasteiger partial charge >= 0.3 is 0 Å². The number of carbonyl (C=O) groups excluding carboxylic acids is 1. The highest BCUT2D eigenvalue weighted by Gasteiger charge is 2.10. The highest BCUT2D eigenvalue weighted by molar-refractivity contribution is 5.90. The Labute approximate surface area is 101 Å². The number of rotatable bonds is 2. The summed E-state index contributed by atoms with van der Waals surface area (Å²) in [7, 11) is 2.10. The van der Waals surface area contributed by atoms with E-state index in [9.17, 15) is 9.90 Å². The highest BCUT2D eigenvalue weighted by Crippen LogP contribution is 2.20. The van der Waals surface area contributed by atoms with Crippen molar-refractivity contribution in [1.29, 1.82) is 0 Å². The van der Waals surface area contributed by atoms with Crippen molar-refractivity contribution < 1.29 is 9.90 Å². The molecule has 0 spiro atoms. The number of hydrogen-bond acceptors (Lipinski definition) is 3. The smallest absolute Gasteiger partial charge is 0.0721 e. The van der Waals surface area contributed by atoms with E-state index >= 15 is 0 Å². The number of aromatic carboxylic acids is 1. The molecular weight excluding hydrogens is 214 g/mol. The van der Waals surface area contributed by atoms with E-state index < -0.39 is 5.97 Å². The quantitative estimate of drug-likeness (QED) is 0.765. The summed E-state index contributed by atoms with van der Waals surface area (Å²) in [5.41, 5.74) is 2.35. The first-order valence-corrected chi connectivity index (χ1v) is 5.85. The zero-order valence-corrected chi connectivity index (χ0v) is 9.98. The van der Waals surface area contributed by atoms with Crippen molar-refractivity contribution in [2.45, 2.75) is 12.8 Å². The molecule has 1 heterocycles. The maximum absolute atomic E-state index is 11.0. The second-order valence-corrected chi connectivity index (χ2v) is 4.48. The van der Waals surface area contributed by atoms with Crippen LogP contribution < -0.4 is 5.11 Å². The molecule has 0 radical (unpaired) electrons. The van der Waals surface area contributed by atoms with Crippen LogP contribution >= 0.6 is 0 Å². The van der Waals surface area contributed by atoms with Crippen molar-refractivity contribution in [1.82, 2.24) is 4.90 Å². The summed E-state index contributed by atoms with van der Waals surface area (Å²) >= 11 is 0. The lowest BCUT2D eigenvalue weighted by molar-refractivity contribution is -0.255. The van der Waals surface area contributed by atoms with E-state index in [1.165, 1.54) is 5.57 Å². The normalized spacial score (nSPS) is 16.9. The number of benzene rings is 1. The summed E-state index contributed by atoms with van der Waals surface area (Å²) in [5.74, 6) is -1.11. The Balaban J connectivity index is 2.23. The van der Waals surface area contributed by atoms with E-state index in [0.717, 1.165) is 31.5 Å². The highest BCUT2D eigenvalue weighted by atomic mass is 16.4. The van der Waals surface area contributed by atoms with Gasteiger partial charge in [0, 0.05) is 18.7 Å². The van der Waals surface area contributed by atoms with Gasteiger partial charge in [0.1, 0.15) is 0 Å². The molecule has 0 amide bonds. The van der Waals surface area contributed by atoms with Crippen LogP contribution in [0.25, 0.3) is 6.08 Å². The van der Waals surface area contributed by atoms with Crippen LogP contribution in [-0.4, -0.2) is 31.0 Å². The van der Waals surface area contributed by atoms with E-state index in [2.05, 4.69) is 11.9 Å². The molecule has 3 nitrogen and oxygen atoms in total. The number of nitrogens with zero attached hydrogens (tertiary/aromatic N) is 1. The standard InChI is InChI=1S/C14H17NO2/c1-15-8-6-11(7-9-15)10-12-4-2-3-5-13(12)14(16)17/h2-5,10H,6-9H2,1H3,(H,16,17)/p-1. The SMILES string of the molecule is CN1CCC(=Cc2ccccc2C(=O)[O-])CC1. The van der Waals surface area contributed by atoms with Crippen LogP contribution in [0, 0.1) is 0 Å². The van der Waals surface area contributed by atoms with Gasteiger partial charge in [0.05, 0.1) is 5.97 Å². The molecule has 1 aliphatic heterocycles. The van der Waals surface area contributed by atoms with Gasteiger partial charge in [-0.05, 0) is 25.5 Å². The van der Waals surface area contributed by atoms with E-state index in [1.807, 2.05) is 18.2 Å². The van der Waals surface area contributed by atoms with Gasteiger partial charge in [-0.3, -0.25) is 0 Å². The molecular formula is C14H16NO2-. The van der Waals surface area contributed by atoms with E-state index in [0.29, 0.717) is 0 Å². The lowest BCUT2D eigenvalue weighted by atomic mass is 9.99. The first-order valence-electron chi connectivity index (χ1n) is 5.85. The van der Waals surface area contributed by atoms with Crippen LogP contribution in [0.5, 0.6) is 0 Å². The first kappa shape index (κ1) is 11.9. The van der Waals surface area contributed by atoms with Crippen molar-refractivity contribution in [2.24, 2.45) is 0 Å². The van der Waals surface area contributed by atoms with Crippen LogP contribution in [0.15, 0.2) is 29.8 Å². The molecule has 0 aromatic heterocycles. The van der Waals surface area contributed by atoms with E-state index in [4.69, 9.17) is 0 Å². The zero-order chi connectivity index (χ0) is 12.3. The molecule has 0 unspecified atom stereocenters. The molecule has 1 saturated heterocycles. The van der Waals surface area contributed by atoms with Crippen molar-refractivity contribution in [2.75, 3.05) is 20.1 Å². The summed E-state index contributed by atoms with van der Waals surface area (Å²) in [6.07, 6.45) is 4.02. The zero-order valence-electron chi connectivity index (χ0n) is 9.98. The Morgan fingerprint density at radius 1 is 1.29 bits per heavy atom. The minimum Gasteiger partial charge on any atom is -0.545 e. The van der Waals surface area contributed by atoms with Crippen molar-refractivity contribution in [3.8, 4) is 0 Å². The predicted molar refractivity (Wildman–Crippen MR) is 65.5 cm³/mol. The fourth-order valence-corrected chi connectivity index (χ4v) is 2.08. The second kappa shape index (κ2) is 5.15. The van der Waals surface area contributed by atoms with Crippen LogP contribution in [-0.2, 0) is 0 Å². The topological polar surface area (TPSA) is 43.4 Å². The van der Waals surface area contributed by atoms with Gasteiger partial charge in [-0.25, -0.2) is 0 Å². The van der Waals surface area contributed by atoms with Crippen molar-refractivity contribution >= 4 is 12.0 Å². The molecule has 0 atom stereocenters. The molecule has 0 bridgehead atoms. The number of carboxylic acids is 1. The monoisotopic (exact) mass is 230 g/mol. The fraction of sp³-hybridized carbons (Fsp3) is 0.357. The Bertz CT molecular complexity index is 441. The van der Waals surface area contributed by atoms with Gasteiger partial charge in [0.15, 0.2) is 0 Å². The number of carbonyl (C=O) groups is 1. The van der Waals surface area contributed by atoms with Gasteiger partial charge in [-0.15, -0.1) is 0 Å². The molecule has 2 rings (SSSR count). The molecule has 0 N–H and O–H groups in total. The van der Waals surface area contributed by atoms with Gasteiger partial charge in [-0.2, -0.15) is 0 Å². The number of piperidine rings is 1. The molecule has 1 aliphatic rings. The van der Waals surface area contributed by atoms with E-state index in [1.54, 1.807) is 12.1 Å². The Morgan fingerprint density at radius 2 is 1.94 bits per heavy atom. The number of hydrogen-bond donors (Lipinski definition) is 0. The molecule has 0 saturated carbocycles. The van der Waals surface area contributed by atoms with Crippen LogP contribution in [0.2, 0.25) is 0 Å². The van der Waals surface area contributed by atoms with E-state index in [-0.39, 0.29) is 5.56 Å². The van der Waals surface area contributed by atoms with Crippen LogP contribution in [0.1, 0.15) is 28.8 Å². The molecule has 1 aromatic carbocycles. The van der Waals surface area contributed by atoms with Gasteiger partial charge in [0.25, 0.3) is 0 Å². The Hall–Kier alpha value is -1.61. The minimum absolute atomic E-state index is 0.277. The van der Waals surface area contributed by atoms with Gasteiger partial charge < -0.3 is 14.8 Å². The number of carboxylic acid groups (broad SMARTS) is 1. The lowest BCUT2D eigenvalue weighted by Crippen LogP contribution is -2.26. The largest absolute Gasteiger partial charge is 0.545 e. The molecule has 1 fully saturated rings. The average molecular weight is 230 g/mol. The van der Waals surface area contributed by atoms with Crippen LogP contribution in [0.3, 0.4) is 0 Å². The maximum Gasteiger partial charge on any atom is 0.0721 e. The first-order chi connectivity index (χ1) is 8.16. The Kier molecular flexibility index (Phi) is 3.59. The third kappa shape index (κ3) is 2.94. The molecule has 1 aromatic rings. The second-order valence-electron chi connectivity index (χ2n) is 4.48. The average Bonchev–Trinajstić information content (AvgIpc) is 2.32. The van der Waals surface area contributed by atoms with Crippen LogP contribution in [0.4, 0.5) is 0 Å². The fourth-order valence-electron chi connectivity index (χ4n) is 2.08. The maximum atomic E-state index is 11.0. The third-order valence-corrected chi connectivity index (χ3v) is 3.17. The summed E-state index contributed by atoms with van der Waals surface area (Å²) < 4.78 is 0. The molecule has 90 valence electrons.